The van der Waals surface area contributed by atoms with E-state index in [0.29, 0.717) is 31.8 Å². The van der Waals surface area contributed by atoms with Crippen molar-refractivity contribution in [1.82, 2.24) is 9.80 Å². The van der Waals surface area contributed by atoms with Crippen molar-refractivity contribution in [2.45, 2.75) is 31.9 Å². The molecule has 0 N–H and O–H groups in total. The molecule has 1 saturated carbocycles. The molecule has 122 valence electrons. The highest BCUT2D eigenvalue weighted by Gasteiger charge is 2.43. The Kier molecular flexibility index (Phi) is 5.77. The summed E-state index contributed by atoms with van der Waals surface area (Å²) in [6.07, 6.45) is -3.20. The zero-order valence-corrected chi connectivity index (χ0v) is 12.8. The number of piperazine rings is 1. The first-order chi connectivity index (χ1) is 9.91. The summed E-state index contributed by atoms with van der Waals surface area (Å²) in [6, 6.07) is 0. The Balaban J connectivity index is 1.78. The number of carbonyl (C=O) groups is 1. The van der Waals surface area contributed by atoms with Crippen LogP contribution in [-0.2, 0) is 4.79 Å². The number of nitrogens with zero attached hydrogens (tertiary/aromatic N) is 2. The summed E-state index contributed by atoms with van der Waals surface area (Å²) in [7, 11) is 0. The molecular weight excluding hydrogens is 305 g/mol. The largest absolute Gasteiger partial charge is 0.391 e. The first-order valence-electron chi connectivity index (χ1n) is 7.55. The number of hydrogen-bond donors (Lipinski definition) is 0. The predicted molar refractivity (Wildman–Crippen MR) is 75.2 cm³/mol. The van der Waals surface area contributed by atoms with Crippen molar-refractivity contribution in [2.24, 2.45) is 11.8 Å². The van der Waals surface area contributed by atoms with E-state index < -0.39 is 12.1 Å². The molecule has 0 aromatic heterocycles. The molecular formula is C14H22ClF3N2O. The standard InChI is InChI=1S/C14H22ClF3N2O/c15-5-6-19-7-9-20(10-8-19)13(21)11-1-3-12(4-2-11)14(16,17)18/h11-12H,1-10H2. The molecule has 21 heavy (non-hydrogen) atoms. The molecule has 0 unspecified atom stereocenters. The highest BCUT2D eigenvalue weighted by Crippen LogP contribution is 2.40. The van der Waals surface area contributed by atoms with Crippen LogP contribution in [0.3, 0.4) is 0 Å². The lowest BCUT2D eigenvalue weighted by Gasteiger charge is -2.37. The van der Waals surface area contributed by atoms with Gasteiger partial charge in [-0.05, 0) is 25.7 Å². The molecule has 0 atom stereocenters. The Hall–Kier alpha value is -0.490. The monoisotopic (exact) mass is 326 g/mol. The maximum absolute atomic E-state index is 12.6. The molecule has 0 aromatic rings. The van der Waals surface area contributed by atoms with Crippen LogP contribution in [0.2, 0.25) is 0 Å². The van der Waals surface area contributed by atoms with Crippen LogP contribution >= 0.6 is 11.6 Å². The number of amides is 1. The molecule has 2 fully saturated rings. The number of alkyl halides is 4. The average molecular weight is 327 g/mol. The Bertz CT molecular complexity index is 349. The molecule has 2 rings (SSSR count). The maximum Gasteiger partial charge on any atom is 0.391 e. The second-order valence-electron chi connectivity index (χ2n) is 5.95. The third-order valence-corrected chi connectivity index (χ3v) is 4.79. The van der Waals surface area contributed by atoms with Gasteiger partial charge in [-0.2, -0.15) is 13.2 Å². The van der Waals surface area contributed by atoms with Crippen molar-refractivity contribution in [3.8, 4) is 0 Å². The first-order valence-corrected chi connectivity index (χ1v) is 8.09. The Morgan fingerprint density at radius 1 is 1.05 bits per heavy atom. The third kappa shape index (κ3) is 4.49. The molecule has 2 aliphatic rings. The van der Waals surface area contributed by atoms with E-state index in [1.54, 1.807) is 0 Å². The van der Waals surface area contributed by atoms with Crippen molar-refractivity contribution in [3.05, 3.63) is 0 Å². The predicted octanol–water partition coefficient (Wildman–Crippen LogP) is 2.74. The molecule has 0 radical (unpaired) electrons. The summed E-state index contributed by atoms with van der Waals surface area (Å²) in [6.45, 7) is 3.75. The summed E-state index contributed by atoms with van der Waals surface area (Å²) in [4.78, 5) is 16.4. The fraction of sp³-hybridized carbons (Fsp3) is 0.929. The number of halogens is 4. The van der Waals surface area contributed by atoms with E-state index in [2.05, 4.69) is 4.90 Å². The van der Waals surface area contributed by atoms with E-state index in [1.165, 1.54) is 0 Å². The highest BCUT2D eigenvalue weighted by molar-refractivity contribution is 6.18. The normalized spacial score (nSPS) is 28.7. The van der Waals surface area contributed by atoms with Crippen LogP contribution in [0.4, 0.5) is 13.2 Å². The van der Waals surface area contributed by atoms with Crippen LogP contribution in [-0.4, -0.2) is 60.5 Å². The van der Waals surface area contributed by atoms with Crippen molar-refractivity contribution in [1.29, 1.82) is 0 Å². The summed E-state index contributed by atoms with van der Waals surface area (Å²) < 4.78 is 37.9. The van der Waals surface area contributed by atoms with Crippen LogP contribution in [0, 0.1) is 11.8 Å². The quantitative estimate of drug-likeness (QED) is 0.745. The van der Waals surface area contributed by atoms with Gasteiger partial charge in [0.25, 0.3) is 0 Å². The van der Waals surface area contributed by atoms with Crippen molar-refractivity contribution in [3.63, 3.8) is 0 Å². The van der Waals surface area contributed by atoms with Gasteiger partial charge in [0, 0.05) is 44.5 Å². The van der Waals surface area contributed by atoms with Gasteiger partial charge in [-0.25, -0.2) is 0 Å². The van der Waals surface area contributed by atoms with E-state index in [1.807, 2.05) is 4.90 Å². The molecule has 1 saturated heterocycles. The smallest absolute Gasteiger partial charge is 0.340 e. The Morgan fingerprint density at radius 3 is 2.10 bits per heavy atom. The van der Waals surface area contributed by atoms with Gasteiger partial charge in [0.15, 0.2) is 0 Å². The summed E-state index contributed by atoms with van der Waals surface area (Å²) in [5, 5.41) is 0. The van der Waals surface area contributed by atoms with Crippen LogP contribution < -0.4 is 0 Å². The molecule has 1 aliphatic heterocycles. The van der Waals surface area contributed by atoms with Gasteiger partial charge in [-0.3, -0.25) is 9.69 Å². The average Bonchev–Trinajstić information content (AvgIpc) is 2.47. The minimum absolute atomic E-state index is 0.0427. The summed E-state index contributed by atoms with van der Waals surface area (Å²) in [5.74, 6) is -0.818. The molecule has 0 aromatic carbocycles. The molecule has 3 nitrogen and oxygen atoms in total. The second-order valence-corrected chi connectivity index (χ2v) is 6.32. The zero-order chi connectivity index (χ0) is 15.5. The molecule has 1 heterocycles. The van der Waals surface area contributed by atoms with Gasteiger partial charge in [0.2, 0.25) is 5.91 Å². The molecule has 0 spiro atoms. The Labute approximate surface area is 128 Å². The number of carbonyl (C=O) groups excluding carboxylic acids is 1. The second kappa shape index (κ2) is 7.18. The topological polar surface area (TPSA) is 23.6 Å². The van der Waals surface area contributed by atoms with Gasteiger partial charge in [-0.1, -0.05) is 0 Å². The first kappa shape index (κ1) is 16.9. The molecule has 1 aliphatic carbocycles. The summed E-state index contributed by atoms with van der Waals surface area (Å²) in [5.41, 5.74) is 0. The van der Waals surface area contributed by atoms with Crippen LogP contribution in [0.15, 0.2) is 0 Å². The summed E-state index contributed by atoms with van der Waals surface area (Å²) >= 11 is 5.69. The van der Waals surface area contributed by atoms with Crippen molar-refractivity contribution >= 4 is 17.5 Å². The lowest BCUT2D eigenvalue weighted by atomic mass is 9.81. The molecule has 1 amide bonds. The Morgan fingerprint density at radius 2 is 1.62 bits per heavy atom. The van der Waals surface area contributed by atoms with Gasteiger partial charge in [0.1, 0.15) is 0 Å². The fourth-order valence-electron chi connectivity index (χ4n) is 3.24. The lowest BCUT2D eigenvalue weighted by molar-refractivity contribution is -0.185. The van der Waals surface area contributed by atoms with Crippen LogP contribution in [0.25, 0.3) is 0 Å². The fourth-order valence-corrected chi connectivity index (χ4v) is 3.48. The van der Waals surface area contributed by atoms with Crippen molar-refractivity contribution in [2.75, 3.05) is 38.6 Å². The van der Waals surface area contributed by atoms with E-state index in [0.717, 1.165) is 19.6 Å². The minimum atomic E-state index is -4.11. The SMILES string of the molecule is O=C(C1CCC(C(F)(F)F)CC1)N1CCN(CCCl)CC1. The van der Waals surface area contributed by atoms with Crippen molar-refractivity contribution < 1.29 is 18.0 Å². The third-order valence-electron chi connectivity index (χ3n) is 4.62. The number of hydrogen-bond acceptors (Lipinski definition) is 2. The minimum Gasteiger partial charge on any atom is -0.340 e. The molecule has 0 bridgehead atoms. The van der Waals surface area contributed by atoms with E-state index in [9.17, 15) is 18.0 Å². The van der Waals surface area contributed by atoms with E-state index in [4.69, 9.17) is 11.6 Å². The highest BCUT2D eigenvalue weighted by atomic mass is 35.5. The van der Waals surface area contributed by atoms with E-state index >= 15 is 0 Å². The zero-order valence-electron chi connectivity index (χ0n) is 12.0. The maximum atomic E-state index is 12.6. The van der Waals surface area contributed by atoms with Gasteiger partial charge in [0.05, 0.1) is 5.92 Å². The van der Waals surface area contributed by atoms with Crippen LogP contribution in [0.5, 0.6) is 0 Å². The van der Waals surface area contributed by atoms with Crippen LogP contribution in [0.1, 0.15) is 25.7 Å². The number of rotatable bonds is 3. The van der Waals surface area contributed by atoms with E-state index in [-0.39, 0.29) is 24.7 Å². The molecule has 7 heteroatoms. The van der Waals surface area contributed by atoms with Gasteiger partial charge in [-0.15, -0.1) is 11.6 Å². The van der Waals surface area contributed by atoms with Gasteiger partial charge < -0.3 is 4.90 Å². The van der Waals surface area contributed by atoms with Gasteiger partial charge >= 0.3 is 6.18 Å². The lowest BCUT2D eigenvalue weighted by Crippen LogP contribution is -2.51.